The minimum atomic E-state index is -2.98. The zero-order valence-electron chi connectivity index (χ0n) is 19.3. The standard InChI is InChI=1S/C24H22F2N8O2/c1-24(16-6-5-13(10-29-16)36-23(25)26)17-18(27)31-19(32-20(17)33-22(24)35)15-11-34-8-7-28-21(34)14(30-15)9-12-3-2-4-12/h5-8,10-12,23H,2-4,9H2,1H3,(H3,27,31,32,33,35). The molecule has 10 nitrogen and oxygen atoms in total. The van der Waals surface area contributed by atoms with Crippen LogP contribution < -0.4 is 15.8 Å². The maximum absolute atomic E-state index is 13.1. The summed E-state index contributed by atoms with van der Waals surface area (Å²) in [4.78, 5) is 35.6. The summed E-state index contributed by atoms with van der Waals surface area (Å²) in [5, 5.41) is 2.77. The Morgan fingerprint density at radius 2 is 2.08 bits per heavy atom. The number of carbonyl (C=O) groups excluding carboxylic acids is 1. The monoisotopic (exact) mass is 492 g/mol. The van der Waals surface area contributed by atoms with Gasteiger partial charge in [-0.2, -0.15) is 8.78 Å². The number of nitrogens with two attached hydrogens (primary N) is 1. The third-order valence-corrected chi connectivity index (χ3v) is 6.98. The summed E-state index contributed by atoms with van der Waals surface area (Å²) in [5.74, 6) is 0.689. The molecule has 184 valence electrons. The van der Waals surface area contributed by atoms with Crippen molar-refractivity contribution in [1.29, 1.82) is 0 Å². The van der Waals surface area contributed by atoms with Gasteiger partial charge in [0.05, 0.1) is 23.1 Å². The van der Waals surface area contributed by atoms with E-state index in [-0.39, 0.29) is 23.2 Å². The van der Waals surface area contributed by atoms with Gasteiger partial charge in [-0.3, -0.25) is 9.78 Å². The van der Waals surface area contributed by atoms with Gasteiger partial charge in [0.15, 0.2) is 11.5 Å². The maximum atomic E-state index is 13.1. The molecule has 4 aromatic heterocycles. The first-order valence-electron chi connectivity index (χ1n) is 11.6. The minimum absolute atomic E-state index is 0.0960. The molecule has 1 atom stereocenters. The average Bonchev–Trinajstić information content (AvgIpc) is 3.39. The van der Waals surface area contributed by atoms with Gasteiger partial charge >= 0.3 is 6.61 Å². The second-order valence-electron chi connectivity index (χ2n) is 9.22. The summed E-state index contributed by atoms with van der Waals surface area (Å²) in [5.41, 5.74) is 7.90. The van der Waals surface area contributed by atoms with Gasteiger partial charge in [-0.15, -0.1) is 0 Å². The Kier molecular flexibility index (Phi) is 5.06. The Labute approximate surface area is 204 Å². The van der Waals surface area contributed by atoms with Gasteiger partial charge in [0.2, 0.25) is 5.91 Å². The van der Waals surface area contributed by atoms with E-state index < -0.39 is 17.9 Å². The molecule has 1 aliphatic carbocycles. The van der Waals surface area contributed by atoms with Gasteiger partial charge < -0.3 is 20.2 Å². The first-order chi connectivity index (χ1) is 17.3. The summed E-state index contributed by atoms with van der Waals surface area (Å²) >= 11 is 0. The second kappa shape index (κ2) is 8.18. The number of alkyl halides is 2. The summed E-state index contributed by atoms with van der Waals surface area (Å²) in [6.07, 6.45) is 10.9. The molecule has 0 spiro atoms. The number of fused-ring (bicyclic) bond motifs is 2. The van der Waals surface area contributed by atoms with Crippen molar-refractivity contribution in [2.75, 3.05) is 11.1 Å². The number of ether oxygens (including phenoxy) is 1. The molecule has 1 fully saturated rings. The van der Waals surface area contributed by atoms with Crippen molar-refractivity contribution in [3.8, 4) is 17.3 Å². The molecule has 36 heavy (non-hydrogen) atoms. The van der Waals surface area contributed by atoms with Crippen LogP contribution >= 0.6 is 0 Å². The zero-order chi connectivity index (χ0) is 25.0. The molecule has 1 amide bonds. The van der Waals surface area contributed by atoms with Crippen LogP contribution in [0.2, 0.25) is 0 Å². The predicted molar refractivity (Wildman–Crippen MR) is 125 cm³/mol. The molecule has 0 radical (unpaired) electrons. The quantitative estimate of drug-likeness (QED) is 0.419. The number of nitrogens with zero attached hydrogens (tertiary/aromatic N) is 6. The number of halogens is 2. The molecule has 3 N–H and O–H groups in total. The van der Waals surface area contributed by atoms with Gasteiger partial charge in [0.25, 0.3) is 0 Å². The van der Waals surface area contributed by atoms with E-state index in [4.69, 9.17) is 10.7 Å². The van der Waals surface area contributed by atoms with Crippen LogP contribution in [0.4, 0.5) is 20.4 Å². The van der Waals surface area contributed by atoms with Crippen molar-refractivity contribution in [2.45, 2.75) is 44.6 Å². The molecular formula is C24H22F2N8O2. The molecule has 2 aliphatic rings. The highest BCUT2D eigenvalue weighted by atomic mass is 19.3. The third kappa shape index (κ3) is 3.51. The fourth-order valence-electron chi connectivity index (χ4n) is 4.83. The number of pyridine rings is 1. The van der Waals surface area contributed by atoms with Crippen LogP contribution in [0.5, 0.6) is 5.75 Å². The highest BCUT2D eigenvalue weighted by Gasteiger charge is 2.48. The van der Waals surface area contributed by atoms with E-state index in [1.807, 2.05) is 10.6 Å². The van der Waals surface area contributed by atoms with Crippen molar-refractivity contribution in [2.24, 2.45) is 5.92 Å². The highest BCUT2D eigenvalue weighted by molar-refractivity contribution is 6.08. The number of nitrogens with one attached hydrogen (secondary N) is 1. The molecule has 4 aromatic rings. The lowest BCUT2D eigenvalue weighted by atomic mass is 9.81. The zero-order valence-corrected chi connectivity index (χ0v) is 19.3. The maximum Gasteiger partial charge on any atom is 0.387 e. The van der Waals surface area contributed by atoms with Gasteiger partial charge in [-0.1, -0.05) is 19.3 Å². The van der Waals surface area contributed by atoms with Gasteiger partial charge in [0, 0.05) is 18.6 Å². The largest absolute Gasteiger partial charge is 0.433 e. The average molecular weight is 492 g/mol. The summed E-state index contributed by atoms with van der Waals surface area (Å²) < 4.78 is 31.3. The van der Waals surface area contributed by atoms with E-state index in [0.29, 0.717) is 22.9 Å². The first kappa shape index (κ1) is 22.3. The number of carbonyl (C=O) groups is 1. The van der Waals surface area contributed by atoms with E-state index in [0.717, 1.165) is 24.0 Å². The number of anilines is 2. The molecule has 1 saturated carbocycles. The SMILES string of the molecule is CC1(c2ccc(OC(F)F)cn2)C(=O)Nc2nc(-c3cn4ccnc4c(CC4CCC4)n3)nc(N)c21. The van der Waals surface area contributed by atoms with E-state index in [9.17, 15) is 13.6 Å². The van der Waals surface area contributed by atoms with E-state index in [2.05, 4.69) is 30.0 Å². The number of hydrogen-bond acceptors (Lipinski definition) is 8. The number of rotatable bonds is 6. The van der Waals surface area contributed by atoms with Crippen LogP contribution in [0.1, 0.15) is 43.1 Å². The summed E-state index contributed by atoms with van der Waals surface area (Å²) in [6.45, 7) is -1.34. The van der Waals surface area contributed by atoms with Crippen molar-refractivity contribution >= 4 is 23.2 Å². The topological polar surface area (TPSA) is 133 Å². The number of hydrogen-bond donors (Lipinski definition) is 2. The van der Waals surface area contributed by atoms with Crippen LogP contribution in [-0.2, 0) is 16.6 Å². The Morgan fingerprint density at radius 3 is 2.78 bits per heavy atom. The number of nitrogen functional groups attached to an aromatic ring is 1. The van der Waals surface area contributed by atoms with Gasteiger partial charge in [-0.25, -0.2) is 19.9 Å². The Bertz CT molecular complexity index is 1490. The molecule has 1 unspecified atom stereocenters. The minimum Gasteiger partial charge on any atom is -0.433 e. The van der Waals surface area contributed by atoms with Gasteiger partial charge in [-0.05, 0) is 31.4 Å². The lowest BCUT2D eigenvalue weighted by molar-refractivity contribution is -0.119. The van der Waals surface area contributed by atoms with Crippen molar-refractivity contribution in [3.05, 3.63) is 53.9 Å². The highest BCUT2D eigenvalue weighted by Crippen LogP contribution is 2.44. The smallest absolute Gasteiger partial charge is 0.387 e. The van der Waals surface area contributed by atoms with Crippen molar-refractivity contribution in [3.63, 3.8) is 0 Å². The number of aromatic nitrogens is 6. The Morgan fingerprint density at radius 1 is 1.25 bits per heavy atom. The van der Waals surface area contributed by atoms with E-state index >= 15 is 0 Å². The Hall–Kier alpha value is -4.22. The molecule has 0 saturated heterocycles. The van der Waals surface area contributed by atoms with Crippen LogP contribution in [0.25, 0.3) is 17.2 Å². The first-order valence-corrected chi connectivity index (χ1v) is 11.6. The normalized spacial score (nSPS) is 19.4. The number of imidazole rings is 1. The molecule has 0 bridgehead atoms. The molecular weight excluding hydrogens is 470 g/mol. The molecule has 0 aromatic carbocycles. The third-order valence-electron chi connectivity index (χ3n) is 6.98. The van der Waals surface area contributed by atoms with Crippen LogP contribution in [0.3, 0.4) is 0 Å². The second-order valence-corrected chi connectivity index (χ2v) is 9.22. The lowest BCUT2D eigenvalue weighted by Gasteiger charge is -2.25. The lowest BCUT2D eigenvalue weighted by Crippen LogP contribution is -2.33. The van der Waals surface area contributed by atoms with Crippen LogP contribution in [0.15, 0.2) is 36.9 Å². The van der Waals surface area contributed by atoms with Crippen molar-refractivity contribution in [1.82, 2.24) is 29.3 Å². The van der Waals surface area contributed by atoms with E-state index in [1.54, 1.807) is 19.3 Å². The fourth-order valence-corrected chi connectivity index (χ4v) is 4.83. The van der Waals surface area contributed by atoms with Gasteiger partial charge in [0.1, 0.15) is 28.5 Å². The summed E-state index contributed by atoms with van der Waals surface area (Å²) in [6, 6.07) is 2.77. The number of amides is 1. The van der Waals surface area contributed by atoms with Crippen LogP contribution in [0, 0.1) is 5.92 Å². The van der Waals surface area contributed by atoms with Crippen molar-refractivity contribution < 1.29 is 18.3 Å². The molecule has 1 aliphatic heterocycles. The predicted octanol–water partition coefficient (Wildman–Crippen LogP) is 3.37. The van der Waals surface area contributed by atoms with E-state index in [1.165, 1.54) is 31.4 Å². The summed E-state index contributed by atoms with van der Waals surface area (Å²) in [7, 11) is 0. The Balaban J connectivity index is 1.40. The van der Waals surface area contributed by atoms with Crippen LogP contribution in [-0.4, -0.2) is 41.8 Å². The molecule has 5 heterocycles. The fraction of sp³-hybridized carbons (Fsp3) is 0.333. The molecule has 6 rings (SSSR count). The molecule has 12 heteroatoms.